The van der Waals surface area contributed by atoms with Crippen molar-refractivity contribution in [2.24, 2.45) is 11.0 Å². The normalized spacial score (nSPS) is 21.0. The number of halogens is 1. The molecule has 2 unspecified atom stereocenters. The van der Waals surface area contributed by atoms with E-state index in [-0.39, 0.29) is 5.71 Å². The molecule has 2 heterocycles. The largest absolute Gasteiger partial charge is 0.464 e. The van der Waals surface area contributed by atoms with Gasteiger partial charge < -0.3 is 4.74 Å². The molecule has 2 aromatic carbocycles. The molecule has 7 nitrogen and oxygen atoms in total. The lowest BCUT2D eigenvalue weighted by Gasteiger charge is -2.23. The molecule has 0 aromatic heterocycles. The Hall–Kier alpha value is -3.19. The number of hydrogen-bond donors (Lipinski definition) is 0. The summed E-state index contributed by atoms with van der Waals surface area (Å²) in [6.45, 7) is 1.87. The molecule has 0 radical (unpaired) electrons. The number of esters is 1. The van der Waals surface area contributed by atoms with Gasteiger partial charge in [-0.3, -0.25) is 14.6 Å². The Morgan fingerprint density at radius 1 is 1.07 bits per heavy atom. The van der Waals surface area contributed by atoms with Crippen LogP contribution in [0.5, 0.6) is 0 Å². The summed E-state index contributed by atoms with van der Waals surface area (Å²) in [4.78, 5) is 39.7. The summed E-state index contributed by atoms with van der Waals surface area (Å²) in [5, 5.41) is 6.24. The number of hydrazone groups is 1. The van der Waals surface area contributed by atoms with Gasteiger partial charge in [0.25, 0.3) is 5.91 Å². The van der Waals surface area contributed by atoms with Gasteiger partial charge in [0.2, 0.25) is 5.91 Å². The van der Waals surface area contributed by atoms with E-state index in [1.165, 1.54) is 12.1 Å². The quantitative estimate of drug-likeness (QED) is 0.587. The molecule has 2 atom stereocenters. The second kappa shape index (κ2) is 6.76. The van der Waals surface area contributed by atoms with Crippen molar-refractivity contribution in [1.82, 2.24) is 0 Å². The van der Waals surface area contributed by atoms with Crippen molar-refractivity contribution in [3.05, 3.63) is 59.1 Å². The van der Waals surface area contributed by atoms with E-state index in [0.717, 1.165) is 10.5 Å². The summed E-state index contributed by atoms with van der Waals surface area (Å²) in [5.74, 6) is -2.73. The van der Waals surface area contributed by atoms with E-state index in [0.29, 0.717) is 16.4 Å². The van der Waals surface area contributed by atoms with Crippen molar-refractivity contribution in [3.8, 4) is 0 Å². The lowest BCUT2D eigenvalue weighted by atomic mass is 9.97. The molecule has 0 spiro atoms. The SMILES string of the molecule is COC(=O)C1=NN(c2ccccc2C)C2C(=O)N(c3ccc(Cl)cc3)C(=O)C12. The number of hydrogen-bond acceptors (Lipinski definition) is 6. The summed E-state index contributed by atoms with van der Waals surface area (Å²) < 4.78 is 4.80. The number of ether oxygens (including phenoxy) is 1. The number of nitrogens with zero attached hydrogens (tertiary/aromatic N) is 3. The third-order valence-electron chi connectivity index (χ3n) is 4.89. The number of para-hydroxylation sites is 1. The van der Waals surface area contributed by atoms with E-state index in [2.05, 4.69) is 5.10 Å². The minimum absolute atomic E-state index is 0.0782. The van der Waals surface area contributed by atoms with Crippen molar-refractivity contribution in [3.63, 3.8) is 0 Å². The van der Waals surface area contributed by atoms with Crippen LogP contribution in [0.1, 0.15) is 5.56 Å². The van der Waals surface area contributed by atoms with Gasteiger partial charge in [0.15, 0.2) is 5.71 Å². The molecule has 28 heavy (non-hydrogen) atoms. The van der Waals surface area contributed by atoms with Gasteiger partial charge in [0, 0.05) is 5.02 Å². The fourth-order valence-corrected chi connectivity index (χ4v) is 3.68. The molecule has 2 aromatic rings. The summed E-state index contributed by atoms with van der Waals surface area (Å²) >= 11 is 5.91. The van der Waals surface area contributed by atoms with Gasteiger partial charge in [-0.15, -0.1) is 0 Å². The number of aryl methyl sites for hydroxylation is 1. The fraction of sp³-hybridized carbons (Fsp3) is 0.200. The molecule has 142 valence electrons. The van der Waals surface area contributed by atoms with E-state index in [9.17, 15) is 14.4 Å². The fourth-order valence-electron chi connectivity index (χ4n) is 3.55. The third-order valence-corrected chi connectivity index (χ3v) is 5.14. The van der Waals surface area contributed by atoms with Crippen LogP contribution in [0, 0.1) is 12.8 Å². The van der Waals surface area contributed by atoms with Crippen molar-refractivity contribution in [2.75, 3.05) is 17.0 Å². The molecule has 2 amide bonds. The number of carbonyl (C=O) groups excluding carboxylic acids is 3. The van der Waals surface area contributed by atoms with Crippen molar-refractivity contribution in [1.29, 1.82) is 0 Å². The molecule has 4 rings (SSSR count). The molecular weight excluding hydrogens is 382 g/mol. The number of carbonyl (C=O) groups is 3. The Morgan fingerprint density at radius 2 is 1.75 bits per heavy atom. The van der Waals surface area contributed by atoms with Gasteiger partial charge in [-0.2, -0.15) is 5.10 Å². The van der Waals surface area contributed by atoms with E-state index in [4.69, 9.17) is 16.3 Å². The van der Waals surface area contributed by atoms with Crippen LogP contribution in [0.25, 0.3) is 0 Å². The molecular formula is C20H16ClN3O4. The zero-order valence-electron chi connectivity index (χ0n) is 15.1. The molecule has 0 bridgehead atoms. The lowest BCUT2D eigenvalue weighted by Crippen LogP contribution is -2.39. The number of imide groups is 1. The molecule has 0 saturated carbocycles. The van der Waals surface area contributed by atoms with Gasteiger partial charge >= 0.3 is 5.97 Å². The van der Waals surface area contributed by atoms with Gasteiger partial charge in [-0.05, 0) is 42.8 Å². The van der Waals surface area contributed by atoms with Gasteiger partial charge in [0.1, 0.15) is 12.0 Å². The van der Waals surface area contributed by atoms with Crippen LogP contribution in [0.4, 0.5) is 11.4 Å². The highest BCUT2D eigenvalue weighted by molar-refractivity contribution is 6.47. The van der Waals surface area contributed by atoms with Crippen LogP contribution in [-0.2, 0) is 19.1 Å². The maximum absolute atomic E-state index is 13.2. The van der Waals surface area contributed by atoms with Crippen molar-refractivity contribution < 1.29 is 19.1 Å². The average molecular weight is 398 g/mol. The Bertz CT molecular complexity index is 1020. The van der Waals surface area contributed by atoms with E-state index < -0.39 is 29.7 Å². The highest BCUT2D eigenvalue weighted by atomic mass is 35.5. The maximum Gasteiger partial charge on any atom is 0.355 e. The van der Waals surface area contributed by atoms with Crippen LogP contribution in [0.2, 0.25) is 5.02 Å². The Labute approximate surface area is 166 Å². The van der Waals surface area contributed by atoms with E-state index >= 15 is 0 Å². The van der Waals surface area contributed by atoms with Gasteiger partial charge in [-0.25, -0.2) is 9.69 Å². The maximum atomic E-state index is 13.2. The zero-order valence-corrected chi connectivity index (χ0v) is 15.9. The van der Waals surface area contributed by atoms with Gasteiger partial charge in [0.05, 0.1) is 18.5 Å². The Kier molecular flexibility index (Phi) is 4.39. The highest BCUT2D eigenvalue weighted by Gasteiger charge is 2.59. The Balaban J connectivity index is 1.82. The average Bonchev–Trinajstić information content (AvgIpc) is 3.20. The van der Waals surface area contributed by atoms with Crippen LogP contribution >= 0.6 is 11.6 Å². The highest BCUT2D eigenvalue weighted by Crippen LogP contribution is 2.39. The minimum Gasteiger partial charge on any atom is -0.464 e. The summed E-state index contributed by atoms with van der Waals surface area (Å²) in [6, 6.07) is 12.8. The number of benzene rings is 2. The molecule has 0 N–H and O–H groups in total. The third kappa shape index (κ3) is 2.66. The number of amides is 2. The molecule has 8 heteroatoms. The van der Waals surface area contributed by atoms with Crippen LogP contribution in [0.3, 0.4) is 0 Å². The molecule has 0 aliphatic carbocycles. The smallest absolute Gasteiger partial charge is 0.355 e. The predicted octanol–water partition coefficient (Wildman–Crippen LogP) is 2.56. The first-order valence-corrected chi connectivity index (χ1v) is 8.97. The monoisotopic (exact) mass is 397 g/mol. The minimum atomic E-state index is -1.03. The topological polar surface area (TPSA) is 79.3 Å². The van der Waals surface area contributed by atoms with Crippen molar-refractivity contribution in [2.45, 2.75) is 13.0 Å². The van der Waals surface area contributed by atoms with Crippen molar-refractivity contribution >= 4 is 46.5 Å². The first-order chi connectivity index (χ1) is 13.4. The van der Waals surface area contributed by atoms with E-state index in [1.807, 2.05) is 19.1 Å². The number of methoxy groups -OCH3 is 1. The standard InChI is InChI=1S/C20H16ClN3O4/c1-11-5-3-4-6-14(11)24-17-15(16(22-24)20(27)28-2)18(25)23(19(17)26)13-9-7-12(21)8-10-13/h3-10,15,17H,1-2H3. The summed E-state index contributed by atoms with van der Waals surface area (Å²) in [6.07, 6.45) is 0. The lowest BCUT2D eigenvalue weighted by molar-refractivity contribution is -0.133. The first kappa shape index (κ1) is 18.2. The summed E-state index contributed by atoms with van der Waals surface area (Å²) in [5.41, 5.74) is 1.82. The zero-order chi connectivity index (χ0) is 20.0. The number of anilines is 2. The predicted molar refractivity (Wildman–Crippen MR) is 104 cm³/mol. The molecule has 1 saturated heterocycles. The van der Waals surface area contributed by atoms with E-state index in [1.54, 1.807) is 36.4 Å². The summed E-state index contributed by atoms with van der Waals surface area (Å²) in [7, 11) is 1.22. The van der Waals surface area contributed by atoms with Crippen LogP contribution in [-0.4, -0.2) is 36.6 Å². The van der Waals surface area contributed by atoms with Crippen LogP contribution in [0.15, 0.2) is 53.6 Å². The van der Waals surface area contributed by atoms with Crippen LogP contribution < -0.4 is 9.91 Å². The first-order valence-electron chi connectivity index (χ1n) is 8.59. The molecule has 2 aliphatic rings. The molecule has 2 aliphatic heterocycles. The number of fused-ring (bicyclic) bond motifs is 1. The second-order valence-electron chi connectivity index (χ2n) is 6.52. The van der Waals surface area contributed by atoms with Gasteiger partial charge in [-0.1, -0.05) is 29.8 Å². The number of rotatable bonds is 3. The Morgan fingerprint density at radius 3 is 2.39 bits per heavy atom. The second-order valence-corrected chi connectivity index (χ2v) is 6.96. The molecule has 1 fully saturated rings.